The molecule has 8 nitrogen and oxygen atoms in total. The predicted octanol–water partition coefficient (Wildman–Crippen LogP) is 3.76. The molecule has 0 aliphatic carbocycles. The van der Waals surface area contributed by atoms with Gasteiger partial charge in [0.1, 0.15) is 11.6 Å². The maximum absolute atomic E-state index is 13.3. The molecule has 0 spiro atoms. The average molecular weight is 443 g/mol. The number of carbonyl (C=O) groups is 2. The molecule has 1 unspecified atom stereocenters. The number of fused-ring (bicyclic) bond motifs is 1. The van der Waals surface area contributed by atoms with Crippen LogP contribution in [0.2, 0.25) is 0 Å². The quantitative estimate of drug-likeness (QED) is 0.638. The van der Waals surface area contributed by atoms with Crippen molar-refractivity contribution in [3.05, 3.63) is 71.8 Å². The number of pyridine rings is 1. The first-order valence-electron chi connectivity index (χ1n) is 11.3. The number of nitrogens with one attached hydrogen (secondary N) is 2. The predicted molar refractivity (Wildman–Crippen MR) is 125 cm³/mol. The third-order valence-electron chi connectivity index (χ3n) is 6.43. The van der Waals surface area contributed by atoms with Crippen molar-refractivity contribution in [3.63, 3.8) is 0 Å². The van der Waals surface area contributed by atoms with Crippen molar-refractivity contribution in [2.24, 2.45) is 0 Å². The van der Waals surface area contributed by atoms with E-state index in [0.29, 0.717) is 18.9 Å². The normalized spacial score (nSPS) is 18.4. The first-order chi connectivity index (χ1) is 16.1. The summed E-state index contributed by atoms with van der Waals surface area (Å²) in [4.78, 5) is 40.8. The van der Waals surface area contributed by atoms with Gasteiger partial charge in [-0.1, -0.05) is 24.3 Å². The molecule has 2 amide bonds. The summed E-state index contributed by atoms with van der Waals surface area (Å²) in [5.74, 6) is 1.17. The van der Waals surface area contributed by atoms with Gasteiger partial charge in [-0.15, -0.1) is 0 Å². The maximum atomic E-state index is 13.3. The molecular weight excluding hydrogens is 416 g/mol. The second kappa shape index (κ2) is 8.97. The number of nitrogens with zero attached hydrogens (tertiary/aromatic N) is 4. The van der Waals surface area contributed by atoms with E-state index in [9.17, 15) is 9.59 Å². The van der Waals surface area contributed by atoms with Crippen LogP contribution in [0.5, 0.6) is 0 Å². The third kappa shape index (κ3) is 4.41. The van der Waals surface area contributed by atoms with Crippen molar-refractivity contribution in [1.82, 2.24) is 19.9 Å². The second-order valence-electron chi connectivity index (χ2n) is 8.61. The molecule has 1 atom stereocenters. The molecule has 2 aliphatic heterocycles. The lowest BCUT2D eigenvalue weighted by Gasteiger charge is -2.35. The van der Waals surface area contributed by atoms with E-state index in [0.717, 1.165) is 41.2 Å². The van der Waals surface area contributed by atoms with Gasteiger partial charge in [-0.05, 0) is 43.0 Å². The molecule has 2 aliphatic rings. The highest BCUT2D eigenvalue weighted by Crippen LogP contribution is 2.35. The van der Waals surface area contributed by atoms with E-state index in [-0.39, 0.29) is 24.2 Å². The number of benzene rings is 1. The van der Waals surface area contributed by atoms with Gasteiger partial charge in [0.15, 0.2) is 0 Å². The molecule has 1 aromatic carbocycles. The Morgan fingerprint density at radius 3 is 2.76 bits per heavy atom. The summed E-state index contributed by atoms with van der Waals surface area (Å²) in [6.45, 7) is 3.28. The molecule has 8 heteroatoms. The molecule has 2 aromatic heterocycles. The van der Waals surface area contributed by atoms with Gasteiger partial charge in [-0.3, -0.25) is 14.6 Å². The molecule has 0 radical (unpaired) electrons. The number of rotatable bonds is 4. The van der Waals surface area contributed by atoms with Crippen molar-refractivity contribution < 1.29 is 9.59 Å². The monoisotopic (exact) mass is 442 g/mol. The summed E-state index contributed by atoms with van der Waals surface area (Å²) >= 11 is 0. The number of anilines is 3. The van der Waals surface area contributed by atoms with Gasteiger partial charge in [-0.25, -0.2) is 9.97 Å². The number of hydrogen-bond acceptors (Lipinski definition) is 6. The van der Waals surface area contributed by atoms with Crippen LogP contribution in [0.3, 0.4) is 0 Å². The lowest BCUT2D eigenvalue weighted by atomic mass is 9.87. The zero-order chi connectivity index (χ0) is 22.8. The molecule has 3 aromatic rings. The van der Waals surface area contributed by atoms with Crippen LogP contribution in [0, 0.1) is 6.92 Å². The standard InChI is InChI=1S/C25H26N6O2/c1-16-5-4-10-27-24(16)30-22-15-26-14-21(28-22)17-8-11-31(12-9-17)25(33)19-13-23(32)29-20-7-3-2-6-18(19)20/h2-7,10,14-15,17,19H,8-9,11-13H2,1H3,(H,29,32)(H,27,28,30). The van der Waals surface area contributed by atoms with Gasteiger partial charge in [0.2, 0.25) is 11.8 Å². The molecule has 2 N–H and O–H groups in total. The lowest BCUT2D eigenvalue weighted by Crippen LogP contribution is -2.42. The maximum Gasteiger partial charge on any atom is 0.230 e. The summed E-state index contributed by atoms with van der Waals surface area (Å²) < 4.78 is 0. The fourth-order valence-electron chi connectivity index (χ4n) is 4.62. The first kappa shape index (κ1) is 21.1. The van der Waals surface area contributed by atoms with E-state index in [4.69, 9.17) is 4.98 Å². The Labute approximate surface area is 192 Å². The molecule has 33 heavy (non-hydrogen) atoms. The van der Waals surface area contributed by atoms with Crippen LogP contribution in [0.1, 0.15) is 47.9 Å². The van der Waals surface area contributed by atoms with E-state index in [1.54, 1.807) is 18.6 Å². The van der Waals surface area contributed by atoms with E-state index in [1.807, 2.05) is 48.2 Å². The summed E-state index contributed by atoms with van der Waals surface area (Å²) in [7, 11) is 0. The van der Waals surface area contributed by atoms with Gasteiger partial charge in [0, 0.05) is 43.5 Å². The van der Waals surface area contributed by atoms with Crippen molar-refractivity contribution in [2.75, 3.05) is 23.7 Å². The number of piperidine rings is 1. The van der Waals surface area contributed by atoms with Crippen molar-refractivity contribution in [1.29, 1.82) is 0 Å². The average Bonchev–Trinajstić information content (AvgIpc) is 2.85. The molecular formula is C25H26N6O2. The summed E-state index contributed by atoms with van der Waals surface area (Å²) in [5, 5.41) is 6.12. The number of para-hydroxylation sites is 1. The molecule has 5 rings (SSSR count). The fourth-order valence-corrected chi connectivity index (χ4v) is 4.62. The molecule has 4 heterocycles. The topological polar surface area (TPSA) is 100 Å². The zero-order valence-corrected chi connectivity index (χ0v) is 18.5. The Morgan fingerprint density at radius 1 is 1.12 bits per heavy atom. The van der Waals surface area contributed by atoms with Crippen LogP contribution < -0.4 is 10.6 Å². The molecule has 0 saturated carbocycles. The zero-order valence-electron chi connectivity index (χ0n) is 18.5. The van der Waals surface area contributed by atoms with Crippen molar-refractivity contribution in [3.8, 4) is 0 Å². The summed E-state index contributed by atoms with van der Waals surface area (Å²) in [5.41, 5.74) is 3.60. The number of likely N-dealkylation sites (tertiary alicyclic amines) is 1. The van der Waals surface area contributed by atoms with Crippen LogP contribution in [0.25, 0.3) is 0 Å². The summed E-state index contributed by atoms with van der Waals surface area (Å²) in [6, 6.07) is 11.5. The highest BCUT2D eigenvalue weighted by atomic mass is 16.2. The van der Waals surface area contributed by atoms with Gasteiger partial charge >= 0.3 is 0 Å². The van der Waals surface area contributed by atoms with Gasteiger partial charge in [0.25, 0.3) is 0 Å². The van der Waals surface area contributed by atoms with E-state index < -0.39 is 5.92 Å². The van der Waals surface area contributed by atoms with Crippen LogP contribution in [-0.4, -0.2) is 44.8 Å². The highest BCUT2D eigenvalue weighted by Gasteiger charge is 2.35. The molecule has 0 bridgehead atoms. The highest BCUT2D eigenvalue weighted by molar-refractivity contribution is 6.01. The Balaban J connectivity index is 1.25. The van der Waals surface area contributed by atoms with Crippen LogP contribution in [0.15, 0.2) is 55.0 Å². The Bertz CT molecular complexity index is 1190. The Hall–Kier alpha value is -3.81. The minimum Gasteiger partial charge on any atom is -0.342 e. The van der Waals surface area contributed by atoms with Gasteiger partial charge < -0.3 is 15.5 Å². The molecule has 1 saturated heterocycles. The fraction of sp³-hybridized carbons (Fsp3) is 0.320. The number of carbonyl (C=O) groups excluding carboxylic acids is 2. The number of aryl methyl sites for hydroxylation is 1. The number of hydrogen-bond donors (Lipinski definition) is 2. The van der Waals surface area contributed by atoms with E-state index >= 15 is 0 Å². The molecule has 168 valence electrons. The number of aromatic nitrogens is 3. The third-order valence-corrected chi connectivity index (χ3v) is 6.43. The Kier molecular flexibility index (Phi) is 5.73. The Morgan fingerprint density at radius 2 is 1.94 bits per heavy atom. The first-order valence-corrected chi connectivity index (χ1v) is 11.3. The largest absolute Gasteiger partial charge is 0.342 e. The number of amides is 2. The van der Waals surface area contributed by atoms with E-state index in [2.05, 4.69) is 20.6 Å². The van der Waals surface area contributed by atoms with Gasteiger partial charge in [-0.2, -0.15) is 0 Å². The van der Waals surface area contributed by atoms with Crippen LogP contribution >= 0.6 is 0 Å². The lowest BCUT2D eigenvalue weighted by molar-refractivity contribution is -0.135. The van der Waals surface area contributed by atoms with Crippen molar-refractivity contribution >= 4 is 29.1 Å². The SMILES string of the molecule is Cc1cccnc1Nc1cncc(C2CCN(C(=O)C3CC(=O)Nc4ccccc43)CC2)n1. The van der Waals surface area contributed by atoms with E-state index in [1.165, 1.54) is 0 Å². The summed E-state index contributed by atoms with van der Waals surface area (Å²) in [6.07, 6.45) is 7.07. The minimum absolute atomic E-state index is 0.0304. The minimum atomic E-state index is -0.416. The van der Waals surface area contributed by atoms with Crippen LogP contribution in [-0.2, 0) is 9.59 Å². The smallest absolute Gasteiger partial charge is 0.230 e. The van der Waals surface area contributed by atoms with Gasteiger partial charge in [0.05, 0.1) is 17.8 Å². The van der Waals surface area contributed by atoms with Crippen LogP contribution in [0.4, 0.5) is 17.3 Å². The second-order valence-corrected chi connectivity index (χ2v) is 8.61. The molecule has 1 fully saturated rings. The van der Waals surface area contributed by atoms with Crippen molar-refractivity contribution in [2.45, 2.75) is 38.0 Å².